The third-order valence-electron chi connectivity index (χ3n) is 5.77. The number of furan rings is 1. The van der Waals surface area contributed by atoms with E-state index >= 15 is 0 Å². The van der Waals surface area contributed by atoms with Gasteiger partial charge in [0.15, 0.2) is 11.0 Å². The zero-order chi connectivity index (χ0) is 24.8. The number of fused-ring (bicyclic) bond motifs is 1. The molecule has 0 saturated carbocycles. The van der Waals surface area contributed by atoms with E-state index in [-0.39, 0.29) is 29.9 Å². The average Bonchev–Trinajstić information content (AvgIpc) is 3.35. The third-order valence-corrected chi connectivity index (χ3v) is 6.73. The number of benzene rings is 1. The molecule has 2 aromatic heterocycles. The van der Waals surface area contributed by atoms with Gasteiger partial charge in [-0.1, -0.05) is 30.3 Å². The standard InChI is InChI=1S/C24H29N5O5S/c1-3-29-18(14-28-13-9-5-6-12-20(28)31)26-27-24(29)35-15-19(30)25-21-16-10-7-8-11-17(16)34-22(21)23(32)33-4-2/h7-8,10-11H,3-6,9,12-15H2,1-2H3,(H,25,30). The van der Waals surface area contributed by atoms with Crippen LogP contribution in [-0.2, 0) is 27.4 Å². The van der Waals surface area contributed by atoms with Crippen molar-refractivity contribution in [2.75, 3.05) is 24.2 Å². The van der Waals surface area contributed by atoms with Crippen LogP contribution in [0.3, 0.4) is 0 Å². The maximum absolute atomic E-state index is 12.8. The van der Waals surface area contributed by atoms with Crippen molar-refractivity contribution in [2.45, 2.75) is 57.8 Å². The minimum atomic E-state index is -0.634. The van der Waals surface area contributed by atoms with Gasteiger partial charge in [0, 0.05) is 24.9 Å². The van der Waals surface area contributed by atoms with Crippen molar-refractivity contribution in [3.8, 4) is 0 Å². The largest absolute Gasteiger partial charge is 0.460 e. The van der Waals surface area contributed by atoms with E-state index in [9.17, 15) is 14.4 Å². The predicted molar refractivity (Wildman–Crippen MR) is 131 cm³/mol. The van der Waals surface area contributed by atoms with Gasteiger partial charge in [-0.15, -0.1) is 10.2 Å². The molecule has 1 aliphatic rings. The zero-order valence-corrected chi connectivity index (χ0v) is 20.7. The third kappa shape index (κ3) is 5.67. The molecule has 1 N–H and O–H groups in total. The van der Waals surface area contributed by atoms with Crippen LogP contribution in [0.1, 0.15) is 55.9 Å². The van der Waals surface area contributed by atoms with Crippen LogP contribution in [0.25, 0.3) is 11.0 Å². The SMILES string of the molecule is CCOC(=O)c1oc2ccccc2c1NC(=O)CSc1nnc(CN2CCCCCC2=O)n1CC. The molecule has 1 saturated heterocycles. The summed E-state index contributed by atoms with van der Waals surface area (Å²) < 4.78 is 12.7. The molecule has 3 aromatic rings. The molecule has 10 nitrogen and oxygen atoms in total. The normalized spacial score (nSPS) is 14.2. The second-order valence-corrected chi connectivity index (χ2v) is 9.07. The van der Waals surface area contributed by atoms with Gasteiger partial charge >= 0.3 is 5.97 Å². The maximum atomic E-state index is 12.8. The molecule has 35 heavy (non-hydrogen) atoms. The van der Waals surface area contributed by atoms with E-state index in [1.54, 1.807) is 31.2 Å². The highest BCUT2D eigenvalue weighted by molar-refractivity contribution is 7.99. The minimum absolute atomic E-state index is 0.0347. The van der Waals surface area contributed by atoms with Crippen molar-refractivity contribution < 1.29 is 23.5 Å². The highest BCUT2D eigenvalue weighted by atomic mass is 32.2. The second kappa shape index (κ2) is 11.4. The number of hydrogen-bond donors (Lipinski definition) is 1. The molecule has 4 rings (SSSR count). The van der Waals surface area contributed by atoms with Crippen LogP contribution < -0.4 is 5.32 Å². The fraction of sp³-hybridized carbons (Fsp3) is 0.458. The van der Waals surface area contributed by atoms with Gasteiger partial charge in [0.1, 0.15) is 11.3 Å². The number of nitrogens with zero attached hydrogens (tertiary/aromatic N) is 4. The lowest BCUT2D eigenvalue weighted by molar-refractivity contribution is -0.131. The summed E-state index contributed by atoms with van der Waals surface area (Å²) in [5.41, 5.74) is 0.777. The monoisotopic (exact) mass is 499 g/mol. The zero-order valence-electron chi connectivity index (χ0n) is 19.9. The van der Waals surface area contributed by atoms with E-state index in [1.807, 2.05) is 16.4 Å². The van der Waals surface area contributed by atoms with Crippen molar-refractivity contribution in [1.82, 2.24) is 19.7 Å². The van der Waals surface area contributed by atoms with Gasteiger partial charge in [0.25, 0.3) is 0 Å². The predicted octanol–water partition coefficient (Wildman–Crippen LogP) is 3.85. The summed E-state index contributed by atoms with van der Waals surface area (Å²) in [5, 5.41) is 12.6. The van der Waals surface area contributed by atoms with Gasteiger partial charge in [-0.3, -0.25) is 9.59 Å². The highest BCUT2D eigenvalue weighted by Crippen LogP contribution is 2.32. The van der Waals surface area contributed by atoms with Crippen LogP contribution in [-0.4, -0.2) is 56.4 Å². The van der Waals surface area contributed by atoms with Crippen LogP contribution in [0.5, 0.6) is 0 Å². The summed E-state index contributed by atoms with van der Waals surface area (Å²) in [5.74, 6) is -0.0788. The quantitative estimate of drug-likeness (QED) is 0.348. The van der Waals surface area contributed by atoms with Crippen molar-refractivity contribution >= 4 is 46.2 Å². The maximum Gasteiger partial charge on any atom is 0.376 e. The molecule has 0 radical (unpaired) electrons. The number of amides is 2. The molecule has 1 aliphatic heterocycles. The van der Waals surface area contributed by atoms with Gasteiger partial charge < -0.3 is 23.9 Å². The first-order valence-corrected chi connectivity index (χ1v) is 12.8. The van der Waals surface area contributed by atoms with Crippen LogP contribution in [0.4, 0.5) is 5.69 Å². The first kappa shape index (κ1) is 24.8. The molecule has 0 spiro atoms. The lowest BCUT2D eigenvalue weighted by Crippen LogP contribution is -2.31. The molecule has 1 aromatic carbocycles. The summed E-state index contributed by atoms with van der Waals surface area (Å²) >= 11 is 1.25. The van der Waals surface area contributed by atoms with Crippen LogP contribution in [0.15, 0.2) is 33.8 Å². The van der Waals surface area contributed by atoms with Crippen molar-refractivity contribution in [2.24, 2.45) is 0 Å². The van der Waals surface area contributed by atoms with Gasteiger partial charge in [-0.2, -0.15) is 0 Å². The Morgan fingerprint density at radius 3 is 2.80 bits per heavy atom. The highest BCUT2D eigenvalue weighted by Gasteiger charge is 2.24. The van der Waals surface area contributed by atoms with Gasteiger partial charge in [-0.25, -0.2) is 4.79 Å². The Bertz CT molecular complexity index is 1220. The lowest BCUT2D eigenvalue weighted by Gasteiger charge is -2.20. The summed E-state index contributed by atoms with van der Waals surface area (Å²) in [6.45, 7) is 5.63. The Morgan fingerprint density at radius 1 is 1.17 bits per heavy atom. The first-order chi connectivity index (χ1) is 17.0. The van der Waals surface area contributed by atoms with Gasteiger partial charge in [0.2, 0.25) is 17.6 Å². The number of carbonyl (C=O) groups excluding carboxylic acids is 3. The molecule has 0 atom stereocenters. The number of para-hydroxylation sites is 1. The Labute approximate surface area is 207 Å². The summed E-state index contributed by atoms with van der Waals surface area (Å²) in [6.07, 6.45) is 3.54. The van der Waals surface area contributed by atoms with E-state index in [0.29, 0.717) is 47.1 Å². The molecule has 1 fully saturated rings. The number of aromatic nitrogens is 3. The number of likely N-dealkylation sites (tertiary alicyclic amines) is 1. The van der Waals surface area contributed by atoms with Gasteiger partial charge in [-0.05, 0) is 38.8 Å². The second-order valence-electron chi connectivity index (χ2n) is 8.13. The number of esters is 1. The Morgan fingerprint density at radius 2 is 2.00 bits per heavy atom. The Hall–Kier alpha value is -3.34. The molecule has 0 bridgehead atoms. The molecular weight excluding hydrogens is 470 g/mol. The van der Waals surface area contributed by atoms with E-state index in [0.717, 1.165) is 25.8 Å². The summed E-state index contributed by atoms with van der Waals surface area (Å²) in [7, 11) is 0. The Kier molecular flexibility index (Phi) is 8.06. The van der Waals surface area contributed by atoms with Crippen LogP contribution in [0, 0.1) is 0 Å². The van der Waals surface area contributed by atoms with Crippen molar-refractivity contribution in [1.29, 1.82) is 0 Å². The summed E-state index contributed by atoms with van der Waals surface area (Å²) in [6, 6.07) is 7.09. The number of nitrogens with one attached hydrogen (secondary N) is 1. The molecule has 11 heteroatoms. The lowest BCUT2D eigenvalue weighted by atomic mass is 10.2. The molecule has 0 unspecified atom stereocenters. The topological polar surface area (TPSA) is 120 Å². The van der Waals surface area contributed by atoms with E-state index in [2.05, 4.69) is 15.5 Å². The Balaban J connectivity index is 1.45. The number of hydrogen-bond acceptors (Lipinski definition) is 8. The average molecular weight is 500 g/mol. The number of rotatable bonds is 9. The summed E-state index contributed by atoms with van der Waals surface area (Å²) in [4.78, 5) is 39.4. The molecule has 2 amide bonds. The number of carbonyl (C=O) groups is 3. The molecule has 0 aliphatic carbocycles. The first-order valence-electron chi connectivity index (χ1n) is 11.8. The van der Waals surface area contributed by atoms with Crippen molar-refractivity contribution in [3.63, 3.8) is 0 Å². The molecule has 3 heterocycles. The fourth-order valence-electron chi connectivity index (χ4n) is 4.05. The van der Waals surface area contributed by atoms with Crippen molar-refractivity contribution in [3.05, 3.63) is 35.9 Å². The van der Waals surface area contributed by atoms with Gasteiger partial charge in [0.05, 0.1) is 18.9 Å². The smallest absolute Gasteiger partial charge is 0.376 e. The fourth-order valence-corrected chi connectivity index (χ4v) is 4.87. The molecular formula is C24H29N5O5S. The number of ether oxygens (including phenoxy) is 1. The minimum Gasteiger partial charge on any atom is -0.460 e. The van der Waals surface area contributed by atoms with E-state index in [4.69, 9.17) is 9.15 Å². The van der Waals surface area contributed by atoms with E-state index in [1.165, 1.54) is 11.8 Å². The van der Waals surface area contributed by atoms with Crippen LogP contribution >= 0.6 is 11.8 Å². The number of anilines is 1. The molecule has 186 valence electrons. The van der Waals surface area contributed by atoms with Crippen LogP contribution in [0.2, 0.25) is 0 Å². The van der Waals surface area contributed by atoms with E-state index < -0.39 is 5.97 Å². The number of thioether (sulfide) groups is 1.